The summed E-state index contributed by atoms with van der Waals surface area (Å²) in [6.45, 7) is 4.85. The second kappa shape index (κ2) is 9.76. The molecule has 0 bridgehead atoms. The highest BCUT2D eigenvalue weighted by molar-refractivity contribution is 7.99. The lowest BCUT2D eigenvalue weighted by Crippen LogP contribution is -2.33. The zero-order valence-electron chi connectivity index (χ0n) is 15.6. The molecule has 0 atom stereocenters. The van der Waals surface area contributed by atoms with Crippen molar-refractivity contribution in [3.63, 3.8) is 0 Å². The van der Waals surface area contributed by atoms with Crippen LogP contribution in [0.25, 0.3) is 0 Å². The summed E-state index contributed by atoms with van der Waals surface area (Å²) in [6.07, 6.45) is 6.53. The van der Waals surface area contributed by atoms with Crippen LogP contribution in [0.15, 0.2) is 35.5 Å². The number of hydrogen-bond donors (Lipinski definition) is 0. The Morgan fingerprint density at radius 2 is 1.81 bits per heavy atom. The van der Waals surface area contributed by atoms with Gasteiger partial charge in [-0.05, 0) is 24.8 Å². The maximum Gasteiger partial charge on any atom is 0.233 e. The Hall–Kier alpha value is -1.82. The number of likely N-dealkylation sites (tertiary alicyclic amines) is 1. The largest absolute Gasteiger partial charge is 0.342 e. The van der Waals surface area contributed by atoms with Gasteiger partial charge >= 0.3 is 0 Å². The number of amides is 1. The van der Waals surface area contributed by atoms with Gasteiger partial charge in [-0.1, -0.05) is 61.9 Å². The summed E-state index contributed by atoms with van der Waals surface area (Å²) >= 11 is 1.53. The SMILES string of the molecule is CCCn1c(Cc2ccccc2)nnc1SCC(=O)N1CCCCCC1. The third-order valence-corrected chi connectivity index (χ3v) is 5.68. The number of nitrogens with zero attached hydrogens (tertiary/aromatic N) is 4. The van der Waals surface area contributed by atoms with E-state index in [1.807, 2.05) is 23.1 Å². The van der Waals surface area contributed by atoms with Crippen molar-refractivity contribution in [1.82, 2.24) is 19.7 Å². The minimum Gasteiger partial charge on any atom is -0.342 e. The van der Waals surface area contributed by atoms with E-state index < -0.39 is 0 Å². The molecular weight excluding hydrogens is 344 g/mol. The fourth-order valence-electron chi connectivity index (χ4n) is 3.32. The third-order valence-electron chi connectivity index (χ3n) is 4.73. The number of rotatable bonds is 7. The predicted octanol–water partition coefficient (Wildman–Crippen LogP) is 3.77. The Morgan fingerprint density at radius 3 is 2.50 bits per heavy atom. The second-order valence-corrected chi connectivity index (χ2v) is 7.74. The van der Waals surface area contributed by atoms with Crippen molar-refractivity contribution >= 4 is 17.7 Å². The summed E-state index contributed by atoms with van der Waals surface area (Å²) in [6, 6.07) is 10.3. The van der Waals surface area contributed by atoms with Gasteiger partial charge in [0, 0.05) is 26.1 Å². The van der Waals surface area contributed by atoms with Crippen LogP contribution in [0.1, 0.15) is 50.4 Å². The highest BCUT2D eigenvalue weighted by atomic mass is 32.2. The highest BCUT2D eigenvalue weighted by Crippen LogP contribution is 2.21. The summed E-state index contributed by atoms with van der Waals surface area (Å²) in [5.41, 5.74) is 1.23. The van der Waals surface area contributed by atoms with Gasteiger partial charge in [-0.3, -0.25) is 4.79 Å². The normalized spacial score (nSPS) is 15.0. The molecule has 1 aromatic carbocycles. The lowest BCUT2D eigenvalue weighted by atomic mass is 10.1. The first-order valence-electron chi connectivity index (χ1n) is 9.64. The van der Waals surface area contributed by atoms with Crippen molar-refractivity contribution in [3.8, 4) is 0 Å². The van der Waals surface area contributed by atoms with Gasteiger partial charge < -0.3 is 9.47 Å². The zero-order chi connectivity index (χ0) is 18.2. The standard InChI is InChI=1S/C20H28N4OS/c1-2-12-24-18(15-17-10-6-5-7-11-17)21-22-20(24)26-16-19(25)23-13-8-3-4-9-14-23/h5-7,10-11H,2-4,8-9,12-16H2,1H3. The molecule has 26 heavy (non-hydrogen) atoms. The first kappa shape index (κ1) is 19.0. The molecule has 0 spiro atoms. The van der Waals surface area contributed by atoms with Crippen LogP contribution >= 0.6 is 11.8 Å². The predicted molar refractivity (Wildman–Crippen MR) is 105 cm³/mol. The molecule has 1 amide bonds. The molecule has 5 nitrogen and oxygen atoms in total. The second-order valence-electron chi connectivity index (χ2n) is 6.80. The van der Waals surface area contributed by atoms with Crippen molar-refractivity contribution in [2.75, 3.05) is 18.8 Å². The molecule has 1 aromatic heterocycles. The van der Waals surface area contributed by atoms with Gasteiger partial charge in [0.2, 0.25) is 5.91 Å². The molecule has 1 saturated heterocycles. The van der Waals surface area contributed by atoms with Gasteiger partial charge in [-0.2, -0.15) is 0 Å². The van der Waals surface area contributed by atoms with Crippen molar-refractivity contribution in [2.45, 2.75) is 57.1 Å². The first-order chi connectivity index (χ1) is 12.8. The highest BCUT2D eigenvalue weighted by Gasteiger charge is 2.18. The topological polar surface area (TPSA) is 51.0 Å². The van der Waals surface area contributed by atoms with Crippen LogP contribution < -0.4 is 0 Å². The van der Waals surface area contributed by atoms with Crippen LogP contribution in [-0.2, 0) is 17.8 Å². The monoisotopic (exact) mass is 372 g/mol. The van der Waals surface area contributed by atoms with Crippen molar-refractivity contribution < 1.29 is 4.79 Å². The Labute approximate surface area is 160 Å². The van der Waals surface area contributed by atoms with E-state index in [2.05, 4.69) is 33.8 Å². The van der Waals surface area contributed by atoms with Gasteiger partial charge in [0.25, 0.3) is 0 Å². The average Bonchev–Trinajstić information content (AvgIpc) is 2.87. The van der Waals surface area contributed by atoms with Crippen LogP contribution in [-0.4, -0.2) is 44.4 Å². The molecule has 2 aromatic rings. The van der Waals surface area contributed by atoms with Crippen molar-refractivity contribution in [3.05, 3.63) is 41.7 Å². The maximum absolute atomic E-state index is 12.5. The number of thioether (sulfide) groups is 1. The Morgan fingerprint density at radius 1 is 1.08 bits per heavy atom. The zero-order valence-corrected chi connectivity index (χ0v) is 16.4. The number of benzene rings is 1. The molecule has 2 heterocycles. The van der Waals surface area contributed by atoms with Gasteiger partial charge in [0.15, 0.2) is 5.16 Å². The molecule has 3 rings (SSSR count). The molecule has 1 aliphatic rings. The van der Waals surface area contributed by atoms with Crippen LogP contribution in [0.4, 0.5) is 0 Å². The molecule has 0 aliphatic carbocycles. The Bertz CT molecular complexity index is 693. The van der Waals surface area contributed by atoms with Crippen LogP contribution in [0.2, 0.25) is 0 Å². The lowest BCUT2D eigenvalue weighted by molar-refractivity contribution is -0.128. The molecular formula is C20H28N4OS. The number of carbonyl (C=O) groups is 1. The van der Waals surface area contributed by atoms with E-state index in [0.717, 1.165) is 56.3 Å². The molecule has 1 aliphatic heterocycles. The number of carbonyl (C=O) groups excluding carboxylic acids is 1. The number of hydrogen-bond acceptors (Lipinski definition) is 4. The lowest BCUT2D eigenvalue weighted by Gasteiger charge is -2.19. The smallest absolute Gasteiger partial charge is 0.233 e. The fraction of sp³-hybridized carbons (Fsp3) is 0.550. The van der Waals surface area contributed by atoms with E-state index >= 15 is 0 Å². The fourth-order valence-corrected chi connectivity index (χ4v) is 4.21. The minimum absolute atomic E-state index is 0.229. The maximum atomic E-state index is 12.5. The summed E-state index contributed by atoms with van der Waals surface area (Å²) in [7, 11) is 0. The average molecular weight is 373 g/mol. The summed E-state index contributed by atoms with van der Waals surface area (Å²) in [5, 5.41) is 9.64. The van der Waals surface area contributed by atoms with Crippen molar-refractivity contribution in [1.29, 1.82) is 0 Å². The molecule has 0 radical (unpaired) electrons. The molecule has 0 saturated carbocycles. The number of aromatic nitrogens is 3. The van der Waals surface area contributed by atoms with E-state index in [9.17, 15) is 4.79 Å². The van der Waals surface area contributed by atoms with Gasteiger partial charge in [0.1, 0.15) is 5.82 Å². The van der Waals surface area contributed by atoms with E-state index in [4.69, 9.17) is 0 Å². The Balaban J connectivity index is 1.64. The van der Waals surface area contributed by atoms with E-state index in [1.165, 1.54) is 30.2 Å². The van der Waals surface area contributed by atoms with E-state index in [1.54, 1.807) is 0 Å². The van der Waals surface area contributed by atoms with Gasteiger partial charge in [0.05, 0.1) is 5.75 Å². The van der Waals surface area contributed by atoms with Crippen LogP contribution in [0.5, 0.6) is 0 Å². The minimum atomic E-state index is 0.229. The molecule has 6 heteroatoms. The van der Waals surface area contributed by atoms with Gasteiger partial charge in [-0.15, -0.1) is 10.2 Å². The van der Waals surface area contributed by atoms with Crippen LogP contribution in [0, 0.1) is 0 Å². The molecule has 1 fully saturated rings. The van der Waals surface area contributed by atoms with E-state index in [-0.39, 0.29) is 5.91 Å². The quantitative estimate of drug-likeness (QED) is 0.694. The van der Waals surface area contributed by atoms with Crippen LogP contribution in [0.3, 0.4) is 0 Å². The molecule has 140 valence electrons. The Kier molecular flexibility index (Phi) is 7.12. The molecule has 0 unspecified atom stereocenters. The summed E-state index contributed by atoms with van der Waals surface area (Å²) in [5.74, 6) is 1.66. The summed E-state index contributed by atoms with van der Waals surface area (Å²) < 4.78 is 2.17. The van der Waals surface area contributed by atoms with E-state index in [0.29, 0.717) is 5.75 Å². The third kappa shape index (κ3) is 5.10. The summed E-state index contributed by atoms with van der Waals surface area (Å²) in [4.78, 5) is 14.6. The molecule has 0 N–H and O–H groups in total. The first-order valence-corrected chi connectivity index (χ1v) is 10.6. The van der Waals surface area contributed by atoms with Crippen molar-refractivity contribution in [2.24, 2.45) is 0 Å². The van der Waals surface area contributed by atoms with Gasteiger partial charge in [-0.25, -0.2) is 0 Å².